The molecule has 1 amide bonds. The molecular weight excluding hydrogens is 254 g/mol. The standard InChI is InChI=1S/C15H19N3O2/c1-18-10-13(5-6-15(18)19)17-9-11-3-4-12(8-16)14(7-11)20-2/h3-4,7,13,17H,5-6,9-10H2,1-2H3. The molecule has 1 aromatic carbocycles. The van der Waals surface area contributed by atoms with E-state index in [1.54, 1.807) is 18.1 Å². The smallest absolute Gasteiger partial charge is 0.222 e. The average molecular weight is 273 g/mol. The highest BCUT2D eigenvalue weighted by Gasteiger charge is 2.22. The van der Waals surface area contributed by atoms with Gasteiger partial charge in [-0.25, -0.2) is 0 Å². The molecule has 0 aromatic heterocycles. The van der Waals surface area contributed by atoms with Crippen molar-refractivity contribution in [3.8, 4) is 11.8 Å². The minimum atomic E-state index is 0.211. The Kier molecular flexibility index (Phi) is 4.59. The lowest BCUT2D eigenvalue weighted by Crippen LogP contribution is -2.46. The van der Waals surface area contributed by atoms with Gasteiger partial charge in [-0.05, 0) is 24.1 Å². The van der Waals surface area contributed by atoms with E-state index in [-0.39, 0.29) is 5.91 Å². The molecule has 0 aliphatic carbocycles. The fraction of sp³-hybridized carbons (Fsp3) is 0.467. The lowest BCUT2D eigenvalue weighted by atomic mass is 10.0. The largest absolute Gasteiger partial charge is 0.495 e. The van der Waals surface area contributed by atoms with Crippen LogP contribution in [0.15, 0.2) is 18.2 Å². The van der Waals surface area contributed by atoms with Crippen LogP contribution in [-0.4, -0.2) is 37.6 Å². The molecule has 1 aliphatic heterocycles. The molecule has 1 atom stereocenters. The van der Waals surface area contributed by atoms with Gasteiger partial charge in [-0.2, -0.15) is 5.26 Å². The van der Waals surface area contributed by atoms with E-state index in [4.69, 9.17) is 10.00 Å². The second-order valence-corrected chi connectivity index (χ2v) is 5.04. The summed E-state index contributed by atoms with van der Waals surface area (Å²) in [7, 11) is 3.40. The third kappa shape index (κ3) is 3.28. The van der Waals surface area contributed by atoms with Gasteiger partial charge in [0.15, 0.2) is 0 Å². The van der Waals surface area contributed by atoms with Gasteiger partial charge in [-0.1, -0.05) is 6.07 Å². The molecule has 1 saturated heterocycles. The summed E-state index contributed by atoms with van der Waals surface area (Å²) in [5, 5.41) is 12.4. The first-order valence-electron chi connectivity index (χ1n) is 6.68. The number of carbonyl (C=O) groups excluding carboxylic acids is 1. The fourth-order valence-electron chi connectivity index (χ4n) is 2.38. The van der Waals surface area contributed by atoms with Crippen molar-refractivity contribution in [1.82, 2.24) is 10.2 Å². The maximum Gasteiger partial charge on any atom is 0.222 e. The highest BCUT2D eigenvalue weighted by atomic mass is 16.5. The van der Waals surface area contributed by atoms with Crippen LogP contribution in [0.1, 0.15) is 24.0 Å². The first-order valence-corrected chi connectivity index (χ1v) is 6.68. The van der Waals surface area contributed by atoms with Gasteiger partial charge in [0.25, 0.3) is 0 Å². The summed E-state index contributed by atoms with van der Waals surface area (Å²) in [6.45, 7) is 1.45. The maximum atomic E-state index is 11.4. The molecular formula is C15H19N3O2. The Morgan fingerprint density at radius 3 is 3.00 bits per heavy atom. The number of nitriles is 1. The number of nitrogens with one attached hydrogen (secondary N) is 1. The van der Waals surface area contributed by atoms with Crippen LogP contribution in [-0.2, 0) is 11.3 Å². The number of amides is 1. The minimum absolute atomic E-state index is 0.211. The zero-order valence-electron chi connectivity index (χ0n) is 11.8. The van der Waals surface area contributed by atoms with Gasteiger partial charge in [-0.3, -0.25) is 4.79 Å². The van der Waals surface area contributed by atoms with Crippen molar-refractivity contribution in [2.45, 2.75) is 25.4 Å². The second-order valence-electron chi connectivity index (χ2n) is 5.04. The Morgan fingerprint density at radius 2 is 2.35 bits per heavy atom. The summed E-state index contributed by atoms with van der Waals surface area (Å²) in [6, 6.07) is 7.99. The number of rotatable bonds is 4. The fourth-order valence-corrected chi connectivity index (χ4v) is 2.38. The number of carbonyl (C=O) groups is 1. The monoisotopic (exact) mass is 273 g/mol. The molecule has 5 nitrogen and oxygen atoms in total. The summed E-state index contributed by atoms with van der Waals surface area (Å²) in [5.74, 6) is 0.811. The normalized spacial score (nSPS) is 18.8. The summed E-state index contributed by atoms with van der Waals surface area (Å²) in [6.07, 6.45) is 1.47. The van der Waals surface area contributed by atoms with Crippen molar-refractivity contribution in [2.75, 3.05) is 20.7 Å². The van der Waals surface area contributed by atoms with E-state index in [1.807, 2.05) is 19.2 Å². The highest BCUT2D eigenvalue weighted by Crippen LogP contribution is 2.19. The SMILES string of the molecule is COc1cc(CNC2CCC(=O)N(C)C2)ccc1C#N. The zero-order valence-corrected chi connectivity index (χ0v) is 11.8. The van der Waals surface area contributed by atoms with Crippen molar-refractivity contribution >= 4 is 5.91 Å². The Hall–Kier alpha value is -2.06. The van der Waals surface area contributed by atoms with Crippen molar-refractivity contribution in [3.63, 3.8) is 0 Å². The molecule has 5 heteroatoms. The Balaban J connectivity index is 1.94. The summed E-state index contributed by atoms with van der Waals surface area (Å²) in [5.41, 5.74) is 1.61. The Bertz CT molecular complexity index is 536. The molecule has 0 bridgehead atoms. The lowest BCUT2D eigenvalue weighted by molar-refractivity contribution is -0.132. The van der Waals surface area contributed by atoms with Gasteiger partial charge in [0.1, 0.15) is 11.8 Å². The molecule has 1 aliphatic rings. The van der Waals surface area contributed by atoms with Gasteiger partial charge >= 0.3 is 0 Å². The predicted octanol–water partition coefficient (Wildman–Crippen LogP) is 1.28. The van der Waals surface area contributed by atoms with E-state index in [2.05, 4.69) is 11.4 Å². The molecule has 106 valence electrons. The molecule has 1 N–H and O–H groups in total. The zero-order chi connectivity index (χ0) is 14.5. The molecule has 2 rings (SSSR count). The first kappa shape index (κ1) is 14.4. The van der Waals surface area contributed by atoms with Crippen LogP contribution in [0, 0.1) is 11.3 Å². The Labute approximate surface area is 119 Å². The molecule has 1 heterocycles. The van der Waals surface area contributed by atoms with Crippen LogP contribution in [0.25, 0.3) is 0 Å². The number of hydrogen-bond donors (Lipinski definition) is 1. The minimum Gasteiger partial charge on any atom is -0.495 e. The number of ether oxygens (including phenoxy) is 1. The van der Waals surface area contributed by atoms with E-state index in [9.17, 15) is 4.79 Å². The van der Waals surface area contributed by atoms with Gasteiger partial charge < -0.3 is 15.0 Å². The summed E-state index contributed by atoms with van der Waals surface area (Å²) in [4.78, 5) is 13.2. The topological polar surface area (TPSA) is 65.4 Å². The van der Waals surface area contributed by atoms with E-state index < -0.39 is 0 Å². The van der Waals surface area contributed by atoms with Crippen molar-refractivity contribution < 1.29 is 9.53 Å². The number of methoxy groups -OCH3 is 1. The van der Waals surface area contributed by atoms with Gasteiger partial charge in [0.2, 0.25) is 5.91 Å². The molecule has 20 heavy (non-hydrogen) atoms. The highest BCUT2D eigenvalue weighted by molar-refractivity contribution is 5.76. The summed E-state index contributed by atoms with van der Waals surface area (Å²) >= 11 is 0. The number of likely N-dealkylation sites (N-methyl/N-ethyl adjacent to an activating group) is 1. The van der Waals surface area contributed by atoms with Crippen molar-refractivity contribution in [3.05, 3.63) is 29.3 Å². The van der Waals surface area contributed by atoms with Gasteiger partial charge in [0, 0.05) is 32.6 Å². The van der Waals surface area contributed by atoms with Crippen LogP contribution in [0.5, 0.6) is 5.75 Å². The first-order chi connectivity index (χ1) is 9.63. The van der Waals surface area contributed by atoms with Crippen LogP contribution in [0.3, 0.4) is 0 Å². The third-order valence-electron chi connectivity index (χ3n) is 3.61. The molecule has 1 unspecified atom stereocenters. The van der Waals surface area contributed by atoms with Gasteiger partial charge in [0.05, 0.1) is 12.7 Å². The van der Waals surface area contributed by atoms with E-state index in [0.717, 1.165) is 18.5 Å². The van der Waals surface area contributed by atoms with Crippen LogP contribution >= 0.6 is 0 Å². The molecule has 0 spiro atoms. The summed E-state index contributed by atoms with van der Waals surface area (Å²) < 4.78 is 5.20. The lowest BCUT2D eigenvalue weighted by Gasteiger charge is -2.30. The maximum absolute atomic E-state index is 11.4. The third-order valence-corrected chi connectivity index (χ3v) is 3.61. The number of likely N-dealkylation sites (tertiary alicyclic amines) is 1. The van der Waals surface area contributed by atoms with Crippen molar-refractivity contribution in [1.29, 1.82) is 5.26 Å². The quantitative estimate of drug-likeness (QED) is 0.897. The van der Waals surface area contributed by atoms with Gasteiger partial charge in [-0.15, -0.1) is 0 Å². The van der Waals surface area contributed by atoms with Crippen LogP contribution in [0.4, 0.5) is 0 Å². The number of benzene rings is 1. The molecule has 1 fully saturated rings. The van der Waals surface area contributed by atoms with E-state index >= 15 is 0 Å². The van der Waals surface area contributed by atoms with Crippen LogP contribution in [0.2, 0.25) is 0 Å². The Morgan fingerprint density at radius 1 is 1.55 bits per heavy atom. The van der Waals surface area contributed by atoms with E-state index in [1.165, 1.54) is 0 Å². The average Bonchev–Trinajstić information content (AvgIpc) is 2.48. The number of hydrogen-bond acceptors (Lipinski definition) is 4. The molecule has 1 aromatic rings. The van der Waals surface area contributed by atoms with Crippen LogP contribution < -0.4 is 10.1 Å². The van der Waals surface area contributed by atoms with E-state index in [0.29, 0.717) is 30.3 Å². The molecule has 0 radical (unpaired) electrons. The van der Waals surface area contributed by atoms with Crippen molar-refractivity contribution in [2.24, 2.45) is 0 Å². The molecule has 0 saturated carbocycles. The number of piperidine rings is 1. The second kappa shape index (κ2) is 6.40. The predicted molar refractivity (Wildman–Crippen MR) is 75.2 cm³/mol. The number of nitrogens with zero attached hydrogens (tertiary/aromatic N) is 2.